The second-order valence-electron chi connectivity index (χ2n) is 3.72. The summed E-state index contributed by atoms with van der Waals surface area (Å²) in [6, 6.07) is 2.92. The maximum absolute atomic E-state index is 13.1. The number of halogens is 2. The van der Waals surface area contributed by atoms with E-state index in [0.29, 0.717) is 22.6 Å². The summed E-state index contributed by atoms with van der Waals surface area (Å²) in [5, 5.41) is 0.505. The zero-order valence-electron chi connectivity index (χ0n) is 9.63. The standard InChI is InChI=1S/C12H15BrFNOS/c1-2-3-4-16-12(17)6-8-5-11(15)10(14)7-9(8)13/h5,7H,2-4,6,15H2,1H3. The van der Waals surface area contributed by atoms with Gasteiger partial charge in [-0.25, -0.2) is 4.39 Å². The number of unbranched alkanes of at least 4 members (excludes halogenated alkanes) is 1. The van der Waals surface area contributed by atoms with Gasteiger partial charge in [0.2, 0.25) is 0 Å². The van der Waals surface area contributed by atoms with Gasteiger partial charge >= 0.3 is 0 Å². The van der Waals surface area contributed by atoms with Crippen molar-refractivity contribution in [1.29, 1.82) is 0 Å². The molecule has 17 heavy (non-hydrogen) atoms. The van der Waals surface area contributed by atoms with Crippen LogP contribution < -0.4 is 5.73 Å². The molecule has 1 rings (SSSR count). The lowest BCUT2D eigenvalue weighted by Gasteiger charge is -2.09. The number of ether oxygens (including phenoxy) is 1. The van der Waals surface area contributed by atoms with E-state index in [0.717, 1.165) is 18.4 Å². The van der Waals surface area contributed by atoms with Crippen molar-refractivity contribution in [3.05, 3.63) is 28.0 Å². The molecule has 0 atom stereocenters. The minimum absolute atomic E-state index is 0.125. The normalized spacial score (nSPS) is 10.3. The summed E-state index contributed by atoms with van der Waals surface area (Å²) >= 11 is 8.39. The fraction of sp³-hybridized carbons (Fsp3) is 0.417. The van der Waals surface area contributed by atoms with Crippen molar-refractivity contribution >= 4 is 38.9 Å². The highest BCUT2D eigenvalue weighted by Crippen LogP contribution is 2.23. The van der Waals surface area contributed by atoms with Crippen molar-refractivity contribution < 1.29 is 9.13 Å². The van der Waals surface area contributed by atoms with Gasteiger partial charge in [-0.2, -0.15) is 0 Å². The van der Waals surface area contributed by atoms with Crippen LogP contribution in [-0.4, -0.2) is 11.7 Å². The van der Waals surface area contributed by atoms with E-state index >= 15 is 0 Å². The molecule has 0 aliphatic heterocycles. The second-order valence-corrected chi connectivity index (χ2v) is 5.03. The molecule has 0 aliphatic carbocycles. The van der Waals surface area contributed by atoms with Crippen LogP contribution in [0.5, 0.6) is 0 Å². The Hall–Kier alpha value is -0.680. The van der Waals surface area contributed by atoms with Gasteiger partial charge in [-0.1, -0.05) is 29.3 Å². The van der Waals surface area contributed by atoms with Crippen LogP contribution in [0, 0.1) is 5.82 Å². The monoisotopic (exact) mass is 319 g/mol. The van der Waals surface area contributed by atoms with Crippen molar-refractivity contribution in [3.8, 4) is 0 Å². The summed E-state index contributed by atoms with van der Waals surface area (Å²) in [5.74, 6) is -0.432. The third-order valence-electron chi connectivity index (χ3n) is 2.26. The lowest BCUT2D eigenvalue weighted by Crippen LogP contribution is -2.08. The van der Waals surface area contributed by atoms with Crippen LogP contribution in [0.3, 0.4) is 0 Å². The van der Waals surface area contributed by atoms with Crippen LogP contribution in [0.1, 0.15) is 25.3 Å². The van der Waals surface area contributed by atoms with Gasteiger partial charge in [0, 0.05) is 10.9 Å². The van der Waals surface area contributed by atoms with Crippen LogP contribution in [0.15, 0.2) is 16.6 Å². The third-order valence-corrected chi connectivity index (χ3v) is 3.26. The van der Waals surface area contributed by atoms with Gasteiger partial charge in [-0.15, -0.1) is 0 Å². The van der Waals surface area contributed by atoms with E-state index in [2.05, 4.69) is 22.9 Å². The molecule has 0 saturated carbocycles. The van der Waals surface area contributed by atoms with Gasteiger partial charge in [-0.3, -0.25) is 0 Å². The largest absolute Gasteiger partial charge is 0.487 e. The van der Waals surface area contributed by atoms with Gasteiger partial charge in [-0.05, 0) is 36.3 Å². The fourth-order valence-electron chi connectivity index (χ4n) is 1.29. The van der Waals surface area contributed by atoms with E-state index in [9.17, 15) is 4.39 Å². The van der Waals surface area contributed by atoms with Gasteiger partial charge in [0.1, 0.15) is 5.82 Å². The molecule has 0 bridgehead atoms. The van der Waals surface area contributed by atoms with Gasteiger partial charge in [0.25, 0.3) is 0 Å². The summed E-state index contributed by atoms with van der Waals surface area (Å²) in [6.45, 7) is 2.72. The lowest BCUT2D eigenvalue weighted by atomic mass is 10.1. The van der Waals surface area contributed by atoms with Crippen LogP contribution >= 0.6 is 28.1 Å². The minimum Gasteiger partial charge on any atom is -0.487 e. The number of hydrogen-bond acceptors (Lipinski definition) is 3. The Bertz CT molecular complexity index is 412. The van der Waals surface area contributed by atoms with Gasteiger partial charge in [0.15, 0.2) is 5.05 Å². The Labute approximate surface area is 114 Å². The summed E-state index contributed by atoms with van der Waals surface area (Å²) < 4.78 is 19.2. The smallest absolute Gasteiger partial charge is 0.164 e. The van der Waals surface area contributed by atoms with Gasteiger partial charge < -0.3 is 10.5 Å². The molecule has 1 aromatic carbocycles. The highest BCUT2D eigenvalue weighted by molar-refractivity contribution is 9.10. The molecular weight excluding hydrogens is 305 g/mol. The Balaban J connectivity index is 2.62. The molecule has 2 N–H and O–H groups in total. The van der Waals surface area contributed by atoms with Crippen LogP contribution in [0.2, 0.25) is 0 Å². The van der Waals surface area contributed by atoms with Crippen LogP contribution in [-0.2, 0) is 11.2 Å². The molecule has 0 aliphatic rings. The molecule has 0 heterocycles. The number of nitrogen functional groups attached to an aromatic ring is 1. The quantitative estimate of drug-likeness (QED) is 0.508. The molecule has 94 valence electrons. The lowest BCUT2D eigenvalue weighted by molar-refractivity contribution is 0.299. The maximum Gasteiger partial charge on any atom is 0.164 e. The Morgan fingerprint density at radius 1 is 1.53 bits per heavy atom. The molecule has 5 heteroatoms. The summed E-state index contributed by atoms with van der Waals surface area (Å²) in [6.07, 6.45) is 2.51. The van der Waals surface area contributed by atoms with Crippen molar-refractivity contribution in [2.75, 3.05) is 12.3 Å². The molecule has 0 unspecified atom stereocenters. The van der Waals surface area contributed by atoms with Crippen molar-refractivity contribution in [1.82, 2.24) is 0 Å². The molecule has 2 nitrogen and oxygen atoms in total. The highest BCUT2D eigenvalue weighted by atomic mass is 79.9. The zero-order chi connectivity index (χ0) is 12.8. The molecule has 0 saturated heterocycles. The average molecular weight is 320 g/mol. The number of hydrogen-bond donors (Lipinski definition) is 1. The third kappa shape index (κ3) is 4.60. The van der Waals surface area contributed by atoms with Crippen molar-refractivity contribution in [3.63, 3.8) is 0 Å². The Morgan fingerprint density at radius 2 is 2.24 bits per heavy atom. The average Bonchev–Trinajstić information content (AvgIpc) is 2.26. The summed E-state index contributed by atoms with van der Waals surface area (Å²) in [5.41, 5.74) is 6.47. The SMILES string of the molecule is CCCCOC(=S)Cc1cc(N)c(F)cc1Br. The molecule has 0 radical (unpaired) electrons. The van der Waals surface area contributed by atoms with Crippen molar-refractivity contribution in [2.45, 2.75) is 26.2 Å². The molecule has 0 amide bonds. The van der Waals surface area contributed by atoms with E-state index in [4.69, 9.17) is 22.7 Å². The molecule has 1 aromatic rings. The zero-order valence-corrected chi connectivity index (χ0v) is 12.0. The van der Waals surface area contributed by atoms with E-state index in [1.165, 1.54) is 6.07 Å². The van der Waals surface area contributed by atoms with Crippen LogP contribution in [0.25, 0.3) is 0 Å². The molecule has 0 fully saturated rings. The number of nitrogens with two attached hydrogens (primary N) is 1. The first-order valence-corrected chi connectivity index (χ1v) is 6.63. The number of benzene rings is 1. The first-order valence-electron chi connectivity index (χ1n) is 5.43. The Kier molecular flexibility index (Phi) is 5.85. The van der Waals surface area contributed by atoms with E-state index in [1.807, 2.05) is 0 Å². The van der Waals surface area contributed by atoms with Crippen molar-refractivity contribution in [2.24, 2.45) is 0 Å². The van der Waals surface area contributed by atoms with Crippen LogP contribution in [0.4, 0.5) is 10.1 Å². The molecular formula is C12H15BrFNOS. The first-order chi connectivity index (χ1) is 8.04. The van der Waals surface area contributed by atoms with E-state index < -0.39 is 5.82 Å². The molecule has 0 aromatic heterocycles. The van der Waals surface area contributed by atoms with Gasteiger partial charge in [0.05, 0.1) is 12.3 Å². The van der Waals surface area contributed by atoms with E-state index in [1.54, 1.807) is 6.07 Å². The Morgan fingerprint density at radius 3 is 2.88 bits per heavy atom. The predicted molar refractivity (Wildman–Crippen MR) is 75.7 cm³/mol. The predicted octanol–water partition coefficient (Wildman–Crippen LogP) is 3.86. The maximum atomic E-state index is 13.1. The topological polar surface area (TPSA) is 35.2 Å². The number of thiocarbonyl (C=S) groups is 1. The second kappa shape index (κ2) is 6.91. The summed E-state index contributed by atoms with van der Waals surface area (Å²) in [4.78, 5) is 0. The summed E-state index contributed by atoms with van der Waals surface area (Å²) in [7, 11) is 0. The fourth-order valence-corrected chi connectivity index (χ4v) is 1.98. The first kappa shape index (κ1) is 14.4. The number of rotatable bonds is 5. The number of anilines is 1. The minimum atomic E-state index is -0.432. The molecule has 0 spiro atoms. The highest BCUT2D eigenvalue weighted by Gasteiger charge is 2.08. The van der Waals surface area contributed by atoms with E-state index in [-0.39, 0.29) is 5.69 Å².